The normalized spacial score (nSPS) is 51.9. The number of hydrogen-bond donors (Lipinski definition) is 3. The van der Waals surface area contributed by atoms with Crippen molar-refractivity contribution in [2.45, 2.75) is 12.2 Å². The maximum atomic E-state index is 11.5. The lowest BCUT2D eigenvalue weighted by molar-refractivity contribution is -0.142. The number of amides is 2. The molecule has 0 aromatic rings. The van der Waals surface area contributed by atoms with Crippen molar-refractivity contribution in [3.05, 3.63) is 12.2 Å². The SMILES string of the molecule is O=C1NC(=O)[C@H]2[C@H]3C=C[C@H]([C@@H](O)[C@H]3O)[C@@H]12. The van der Waals surface area contributed by atoms with E-state index in [2.05, 4.69) is 5.32 Å². The van der Waals surface area contributed by atoms with Crippen LogP contribution in [0.5, 0.6) is 0 Å². The first kappa shape index (κ1) is 9.06. The molecule has 2 amide bonds. The molecule has 0 spiro atoms. The van der Waals surface area contributed by atoms with Gasteiger partial charge in [0, 0.05) is 11.8 Å². The van der Waals surface area contributed by atoms with Crippen molar-refractivity contribution < 1.29 is 19.8 Å². The average molecular weight is 209 g/mol. The van der Waals surface area contributed by atoms with E-state index in [0.29, 0.717) is 0 Å². The minimum absolute atomic E-state index is 0.324. The number of aliphatic hydroxyl groups is 2. The third-order valence-corrected chi connectivity index (χ3v) is 3.76. The van der Waals surface area contributed by atoms with Crippen molar-refractivity contribution in [2.24, 2.45) is 23.7 Å². The number of carbonyl (C=O) groups excluding carboxylic acids is 2. The molecule has 0 aromatic heterocycles. The molecule has 4 rings (SSSR count). The molecular weight excluding hydrogens is 198 g/mol. The smallest absolute Gasteiger partial charge is 0.231 e. The van der Waals surface area contributed by atoms with Crippen LogP contribution >= 0.6 is 0 Å². The van der Waals surface area contributed by atoms with Gasteiger partial charge in [-0.15, -0.1) is 0 Å². The van der Waals surface area contributed by atoms with E-state index < -0.39 is 35.9 Å². The fraction of sp³-hybridized carbons (Fsp3) is 0.600. The molecule has 1 heterocycles. The molecule has 4 aliphatic rings. The Morgan fingerprint density at radius 1 is 0.933 bits per heavy atom. The summed E-state index contributed by atoms with van der Waals surface area (Å²) in [6.45, 7) is 0. The van der Waals surface area contributed by atoms with E-state index >= 15 is 0 Å². The topological polar surface area (TPSA) is 86.6 Å². The van der Waals surface area contributed by atoms with Crippen LogP contribution in [-0.4, -0.2) is 34.2 Å². The molecule has 6 atom stereocenters. The van der Waals surface area contributed by atoms with E-state index in [9.17, 15) is 19.8 Å². The second-order valence-corrected chi connectivity index (χ2v) is 4.43. The van der Waals surface area contributed by atoms with Crippen molar-refractivity contribution in [2.75, 3.05) is 0 Å². The van der Waals surface area contributed by atoms with Gasteiger partial charge in [-0.25, -0.2) is 0 Å². The van der Waals surface area contributed by atoms with Gasteiger partial charge in [-0.1, -0.05) is 12.2 Å². The predicted octanol–water partition coefficient (Wildman–Crippen LogP) is -1.59. The molecule has 2 bridgehead atoms. The van der Waals surface area contributed by atoms with E-state index in [1.54, 1.807) is 12.2 Å². The second-order valence-electron chi connectivity index (χ2n) is 4.43. The lowest BCUT2D eigenvalue weighted by Crippen LogP contribution is -2.55. The van der Waals surface area contributed by atoms with Gasteiger partial charge in [0.15, 0.2) is 0 Å². The van der Waals surface area contributed by atoms with Gasteiger partial charge in [0.2, 0.25) is 11.8 Å². The van der Waals surface area contributed by atoms with Gasteiger partial charge >= 0.3 is 0 Å². The lowest BCUT2D eigenvalue weighted by atomic mass is 9.60. The highest BCUT2D eigenvalue weighted by molar-refractivity contribution is 6.06. The lowest BCUT2D eigenvalue weighted by Gasteiger charge is -2.45. The Bertz CT molecular complexity index is 344. The summed E-state index contributed by atoms with van der Waals surface area (Å²) in [7, 11) is 0. The molecule has 2 fully saturated rings. The van der Waals surface area contributed by atoms with E-state index in [4.69, 9.17) is 0 Å². The fourth-order valence-corrected chi connectivity index (χ4v) is 3.05. The minimum atomic E-state index is -0.933. The quantitative estimate of drug-likeness (QED) is 0.332. The first-order valence-electron chi connectivity index (χ1n) is 5.00. The van der Waals surface area contributed by atoms with E-state index in [1.807, 2.05) is 0 Å². The van der Waals surface area contributed by atoms with Crippen molar-refractivity contribution in [1.82, 2.24) is 5.32 Å². The summed E-state index contributed by atoms with van der Waals surface area (Å²) in [5.41, 5.74) is 0. The van der Waals surface area contributed by atoms with Gasteiger partial charge in [0.05, 0.1) is 24.0 Å². The van der Waals surface area contributed by atoms with Gasteiger partial charge in [0.25, 0.3) is 0 Å². The predicted molar refractivity (Wildman–Crippen MR) is 48.3 cm³/mol. The standard InChI is InChI=1S/C10H11NO4/c12-7-3-1-2-4(8(7)13)6-5(3)9(14)11-10(6)15/h1-8,12-13H,(H,11,14,15)/t3-,4+,5+,6-,7+,8-. The van der Waals surface area contributed by atoms with Crippen LogP contribution in [-0.2, 0) is 9.59 Å². The number of aliphatic hydroxyl groups excluding tert-OH is 2. The van der Waals surface area contributed by atoms with Crippen molar-refractivity contribution in [3.63, 3.8) is 0 Å². The van der Waals surface area contributed by atoms with E-state index in [1.165, 1.54) is 0 Å². The number of nitrogens with one attached hydrogen (secondary N) is 1. The highest BCUT2D eigenvalue weighted by Crippen LogP contribution is 2.47. The molecule has 5 nitrogen and oxygen atoms in total. The summed E-state index contributed by atoms with van der Waals surface area (Å²) in [5.74, 6) is -2.50. The molecule has 1 aliphatic heterocycles. The van der Waals surface area contributed by atoms with E-state index in [0.717, 1.165) is 0 Å². The molecule has 15 heavy (non-hydrogen) atoms. The van der Waals surface area contributed by atoms with Gasteiger partial charge in [-0.3, -0.25) is 14.9 Å². The molecule has 0 aromatic carbocycles. The molecule has 0 radical (unpaired) electrons. The van der Waals surface area contributed by atoms with Crippen LogP contribution in [0.1, 0.15) is 0 Å². The van der Waals surface area contributed by atoms with Crippen LogP contribution in [0.4, 0.5) is 0 Å². The Balaban J connectivity index is 2.08. The average Bonchev–Trinajstić information content (AvgIpc) is 2.51. The monoisotopic (exact) mass is 209 g/mol. The summed E-state index contributed by atoms with van der Waals surface area (Å²) < 4.78 is 0. The van der Waals surface area contributed by atoms with Crippen LogP contribution in [0.15, 0.2) is 12.2 Å². The molecule has 1 saturated carbocycles. The molecule has 3 N–H and O–H groups in total. The summed E-state index contributed by atoms with van der Waals surface area (Å²) in [6, 6.07) is 0. The van der Waals surface area contributed by atoms with Crippen LogP contribution in [0, 0.1) is 23.7 Å². The third-order valence-electron chi connectivity index (χ3n) is 3.76. The number of rotatable bonds is 0. The van der Waals surface area contributed by atoms with Gasteiger partial charge < -0.3 is 10.2 Å². The summed E-state index contributed by atoms with van der Waals surface area (Å²) in [4.78, 5) is 23.0. The molecule has 1 saturated heterocycles. The second kappa shape index (κ2) is 2.68. The first-order valence-corrected chi connectivity index (χ1v) is 5.00. The molecule has 80 valence electrons. The van der Waals surface area contributed by atoms with Crippen molar-refractivity contribution in [1.29, 1.82) is 0 Å². The number of imide groups is 1. The molecule has 5 heteroatoms. The maximum absolute atomic E-state index is 11.5. The Morgan fingerprint density at radius 3 is 1.73 bits per heavy atom. The summed E-state index contributed by atoms with van der Waals surface area (Å²) in [6.07, 6.45) is 1.61. The first-order chi connectivity index (χ1) is 7.11. The highest BCUT2D eigenvalue weighted by atomic mass is 16.3. The zero-order chi connectivity index (χ0) is 10.7. The third kappa shape index (κ3) is 0.943. The zero-order valence-electron chi connectivity index (χ0n) is 7.83. The van der Waals surface area contributed by atoms with Crippen LogP contribution < -0.4 is 5.32 Å². The minimum Gasteiger partial charge on any atom is -0.390 e. The maximum Gasteiger partial charge on any atom is 0.231 e. The van der Waals surface area contributed by atoms with Gasteiger partial charge in [-0.05, 0) is 0 Å². The number of fused-ring (bicyclic) bond motifs is 1. The van der Waals surface area contributed by atoms with Crippen LogP contribution in [0.3, 0.4) is 0 Å². The largest absolute Gasteiger partial charge is 0.390 e. The van der Waals surface area contributed by atoms with Crippen LogP contribution in [0.25, 0.3) is 0 Å². The van der Waals surface area contributed by atoms with Gasteiger partial charge in [0.1, 0.15) is 0 Å². The van der Waals surface area contributed by atoms with Crippen molar-refractivity contribution in [3.8, 4) is 0 Å². The van der Waals surface area contributed by atoms with Gasteiger partial charge in [-0.2, -0.15) is 0 Å². The van der Waals surface area contributed by atoms with Crippen LogP contribution in [0.2, 0.25) is 0 Å². The fourth-order valence-electron chi connectivity index (χ4n) is 3.05. The Kier molecular flexibility index (Phi) is 1.62. The molecular formula is C10H11NO4. The highest BCUT2D eigenvalue weighted by Gasteiger charge is 2.59. The zero-order valence-corrected chi connectivity index (χ0v) is 7.83. The molecule has 3 aliphatic carbocycles. The molecule has 0 unspecified atom stereocenters. The Labute approximate surface area is 85.8 Å². The Hall–Kier alpha value is -1.20. The summed E-state index contributed by atoms with van der Waals surface area (Å²) >= 11 is 0. The van der Waals surface area contributed by atoms with E-state index in [-0.39, 0.29) is 11.8 Å². The Morgan fingerprint density at radius 2 is 1.33 bits per heavy atom. The number of carbonyl (C=O) groups is 2. The number of hydrogen-bond acceptors (Lipinski definition) is 4. The summed E-state index contributed by atoms with van der Waals surface area (Å²) in [5, 5.41) is 21.7. The van der Waals surface area contributed by atoms with Crippen molar-refractivity contribution >= 4 is 11.8 Å².